The zero-order chi connectivity index (χ0) is 56.4. The van der Waals surface area contributed by atoms with Crippen molar-refractivity contribution in [1.29, 1.82) is 0 Å². The summed E-state index contributed by atoms with van der Waals surface area (Å²) < 4.78 is 16.8. The van der Waals surface area contributed by atoms with E-state index in [4.69, 9.17) is 14.2 Å². The van der Waals surface area contributed by atoms with Crippen LogP contribution < -0.4 is 0 Å². The molecule has 0 radical (unpaired) electrons. The lowest BCUT2D eigenvalue weighted by atomic mass is 10.1. The minimum atomic E-state index is -0.828. The summed E-state index contributed by atoms with van der Waals surface area (Å²) in [6, 6.07) is 0. The van der Waals surface area contributed by atoms with Crippen molar-refractivity contribution in [2.75, 3.05) is 13.2 Å². The predicted molar refractivity (Wildman–Crippen MR) is 338 cm³/mol. The Hall–Kier alpha value is -5.23. The van der Waals surface area contributed by atoms with E-state index in [1.165, 1.54) is 51.4 Å². The topological polar surface area (TPSA) is 78.9 Å². The number of carbonyl (C=O) groups excluding carboxylic acids is 3. The number of allylic oxidation sites excluding steroid dienone is 28. The van der Waals surface area contributed by atoms with Crippen molar-refractivity contribution in [1.82, 2.24) is 0 Å². The SMILES string of the molecule is CC/C=C\C/C=C\C/C=C\C/C=C\C/C=C\C/C=C\C/C=C\C/C=C\C/C=C\CCCC(=O)OCC(COC(=O)CCCCC/C=C\C/C=C\C/C=C\CC)OC(=O)CCCCCCCCC/C=C\C/C=C\CCCCCC. The molecule has 0 saturated carbocycles. The Kier molecular flexibility index (Phi) is 60.0. The Morgan fingerprint density at radius 2 is 0.513 bits per heavy atom. The molecule has 0 aromatic carbocycles. The molecule has 0 spiro atoms. The minimum absolute atomic E-state index is 0.122. The fourth-order valence-corrected chi connectivity index (χ4v) is 7.84. The highest BCUT2D eigenvalue weighted by Gasteiger charge is 2.19. The third-order valence-electron chi connectivity index (χ3n) is 12.4. The summed E-state index contributed by atoms with van der Waals surface area (Å²) in [6.07, 6.45) is 95.0. The van der Waals surface area contributed by atoms with Crippen LogP contribution in [0.3, 0.4) is 0 Å². The van der Waals surface area contributed by atoms with Gasteiger partial charge in [0.2, 0.25) is 0 Å². The molecule has 0 heterocycles. The van der Waals surface area contributed by atoms with Crippen molar-refractivity contribution in [2.45, 2.75) is 252 Å². The van der Waals surface area contributed by atoms with Crippen molar-refractivity contribution in [2.24, 2.45) is 0 Å². The quantitative estimate of drug-likeness (QED) is 0.0261. The van der Waals surface area contributed by atoms with Crippen LogP contribution in [0.2, 0.25) is 0 Å². The Morgan fingerprint density at radius 3 is 0.846 bits per heavy atom. The van der Waals surface area contributed by atoms with Gasteiger partial charge in [-0.05, 0) is 148 Å². The summed E-state index contributed by atoms with van der Waals surface area (Å²) in [5.74, 6) is -1.03. The van der Waals surface area contributed by atoms with Gasteiger partial charge in [0.05, 0.1) is 0 Å². The third kappa shape index (κ3) is 61.6. The molecular formula is C72H112O6. The zero-order valence-electron chi connectivity index (χ0n) is 49.9. The van der Waals surface area contributed by atoms with Crippen LogP contribution in [-0.2, 0) is 28.6 Å². The first-order valence-corrected chi connectivity index (χ1v) is 31.1. The van der Waals surface area contributed by atoms with E-state index in [0.29, 0.717) is 19.3 Å². The maximum absolute atomic E-state index is 12.9. The van der Waals surface area contributed by atoms with Crippen molar-refractivity contribution >= 4 is 17.9 Å². The van der Waals surface area contributed by atoms with Gasteiger partial charge in [-0.3, -0.25) is 14.4 Å². The summed E-state index contributed by atoms with van der Waals surface area (Å²) in [6.45, 7) is 6.30. The second-order valence-electron chi connectivity index (χ2n) is 19.8. The molecular weight excluding hydrogens is 961 g/mol. The lowest BCUT2D eigenvalue weighted by Crippen LogP contribution is -2.30. The van der Waals surface area contributed by atoms with Crippen LogP contribution >= 0.6 is 0 Å². The van der Waals surface area contributed by atoms with E-state index in [2.05, 4.69) is 191 Å². The molecule has 0 fully saturated rings. The fraction of sp³-hybridized carbons (Fsp3) is 0.569. The molecule has 78 heavy (non-hydrogen) atoms. The molecule has 0 N–H and O–H groups in total. The van der Waals surface area contributed by atoms with Crippen LogP contribution in [0.1, 0.15) is 245 Å². The molecule has 0 amide bonds. The molecule has 0 saturated heterocycles. The summed E-state index contributed by atoms with van der Waals surface area (Å²) in [4.78, 5) is 38.2. The highest BCUT2D eigenvalue weighted by molar-refractivity contribution is 5.71. The maximum atomic E-state index is 12.9. The van der Waals surface area contributed by atoms with Crippen molar-refractivity contribution in [3.05, 3.63) is 170 Å². The molecule has 0 aliphatic rings. The Morgan fingerprint density at radius 1 is 0.269 bits per heavy atom. The van der Waals surface area contributed by atoms with Gasteiger partial charge in [-0.1, -0.05) is 249 Å². The first-order valence-electron chi connectivity index (χ1n) is 31.1. The molecule has 436 valence electrons. The second kappa shape index (κ2) is 64.3. The smallest absolute Gasteiger partial charge is 0.306 e. The Labute approximate surface area is 479 Å². The van der Waals surface area contributed by atoms with Gasteiger partial charge in [0.15, 0.2) is 6.10 Å². The number of esters is 3. The molecule has 1 atom stereocenters. The predicted octanol–water partition coefficient (Wildman–Crippen LogP) is 21.5. The van der Waals surface area contributed by atoms with Crippen LogP contribution in [-0.4, -0.2) is 37.2 Å². The first kappa shape index (κ1) is 72.8. The first-order chi connectivity index (χ1) is 38.5. The number of hydrogen-bond donors (Lipinski definition) is 0. The van der Waals surface area contributed by atoms with Crippen molar-refractivity contribution < 1.29 is 28.6 Å². The molecule has 0 aromatic rings. The van der Waals surface area contributed by atoms with Gasteiger partial charge in [-0.15, -0.1) is 0 Å². The summed E-state index contributed by atoms with van der Waals surface area (Å²) in [5.41, 5.74) is 0. The number of hydrogen-bond acceptors (Lipinski definition) is 6. The molecule has 0 bridgehead atoms. The molecule has 0 rings (SSSR count). The maximum Gasteiger partial charge on any atom is 0.306 e. The Bertz CT molecular complexity index is 1810. The van der Waals surface area contributed by atoms with Gasteiger partial charge in [0.25, 0.3) is 0 Å². The van der Waals surface area contributed by atoms with Gasteiger partial charge in [0.1, 0.15) is 13.2 Å². The van der Waals surface area contributed by atoms with E-state index in [0.717, 1.165) is 148 Å². The van der Waals surface area contributed by atoms with E-state index < -0.39 is 6.10 Å². The van der Waals surface area contributed by atoms with Crippen molar-refractivity contribution in [3.63, 3.8) is 0 Å². The third-order valence-corrected chi connectivity index (χ3v) is 12.4. The molecule has 0 aliphatic carbocycles. The molecule has 6 nitrogen and oxygen atoms in total. The van der Waals surface area contributed by atoms with Crippen LogP contribution in [0, 0.1) is 0 Å². The summed E-state index contributed by atoms with van der Waals surface area (Å²) in [5, 5.41) is 0. The van der Waals surface area contributed by atoms with Crippen LogP contribution in [0.25, 0.3) is 0 Å². The van der Waals surface area contributed by atoms with E-state index in [1.54, 1.807) is 0 Å². The average molecular weight is 1070 g/mol. The van der Waals surface area contributed by atoms with Crippen LogP contribution in [0.15, 0.2) is 170 Å². The normalized spacial score (nSPS) is 13.3. The molecule has 0 aliphatic heterocycles. The van der Waals surface area contributed by atoms with Gasteiger partial charge in [0, 0.05) is 19.3 Å². The molecule has 6 heteroatoms. The molecule has 1 unspecified atom stereocenters. The van der Waals surface area contributed by atoms with Crippen LogP contribution in [0.5, 0.6) is 0 Å². The highest BCUT2D eigenvalue weighted by Crippen LogP contribution is 2.13. The average Bonchev–Trinajstić information content (AvgIpc) is 3.44. The fourth-order valence-electron chi connectivity index (χ4n) is 7.84. The number of carbonyl (C=O) groups is 3. The van der Waals surface area contributed by atoms with Gasteiger partial charge >= 0.3 is 17.9 Å². The lowest BCUT2D eigenvalue weighted by Gasteiger charge is -2.18. The van der Waals surface area contributed by atoms with Gasteiger partial charge in [-0.25, -0.2) is 0 Å². The minimum Gasteiger partial charge on any atom is -0.462 e. The van der Waals surface area contributed by atoms with E-state index in [9.17, 15) is 14.4 Å². The van der Waals surface area contributed by atoms with Gasteiger partial charge in [-0.2, -0.15) is 0 Å². The summed E-state index contributed by atoms with van der Waals surface area (Å²) >= 11 is 0. The monoisotopic (exact) mass is 1070 g/mol. The summed E-state index contributed by atoms with van der Waals surface area (Å²) in [7, 11) is 0. The second-order valence-corrected chi connectivity index (χ2v) is 19.8. The number of ether oxygens (including phenoxy) is 3. The van der Waals surface area contributed by atoms with E-state index in [-0.39, 0.29) is 37.5 Å². The molecule has 0 aromatic heterocycles. The van der Waals surface area contributed by atoms with E-state index in [1.807, 2.05) is 0 Å². The largest absolute Gasteiger partial charge is 0.462 e. The highest BCUT2D eigenvalue weighted by atomic mass is 16.6. The zero-order valence-corrected chi connectivity index (χ0v) is 49.9. The number of rotatable bonds is 54. The van der Waals surface area contributed by atoms with E-state index >= 15 is 0 Å². The lowest BCUT2D eigenvalue weighted by molar-refractivity contribution is -0.167. The Balaban J connectivity index is 4.49. The van der Waals surface area contributed by atoms with Gasteiger partial charge < -0.3 is 14.2 Å². The standard InChI is InChI=1S/C72H112O6/c1-4-7-10-13-16-19-22-25-27-29-31-32-33-34-35-36-37-38-39-40-41-43-44-47-50-53-56-59-62-65-71(74)77-68-69(67-76-70(73)64-61-58-55-52-49-46-24-21-18-15-12-9-6-3)78-72(75)66-63-60-57-54-51-48-45-42-30-28-26-23-20-17-14-11-8-5-2/h7,9-10,12,16,18-21,23,25,27-28,30-32,34-35,37-38,40-41,44,46-47,49,53,56,69H,4-6,8,11,13-15,17,22,24,26,29,33,36,39,42-43,45,48,50-52,54-55,57-68H2,1-3H3/b10-7-,12-9-,19-16-,21-18-,23-20-,27-25-,30-28-,32-31-,35-34-,38-37-,41-40-,47-44-,49-46-,56-53-. The number of unbranched alkanes of at least 4 members (excludes halogenated alkanes) is 15. The van der Waals surface area contributed by atoms with Crippen molar-refractivity contribution in [3.8, 4) is 0 Å². The van der Waals surface area contributed by atoms with Crippen LogP contribution in [0.4, 0.5) is 0 Å².